The third-order valence-corrected chi connectivity index (χ3v) is 21.8. The van der Waals surface area contributed by atoms with E-state index in [1.54, 1.807) is 0 Å². The van der Waals surface area contributed by atoms with E-state index in [9.17, 15) is 0 Å². The van der Waals surface area contributed by atoms with Crippen LogP contribution < -0.4 is 0 Å². The molecule has 110 valence electrons. The molecule has 0 aliphatic heterocycles. The average molecular weight is 313 g/mol. The summed E-state index contributed by atoms with van der Waals surface area (Å²) < 4.78 is 0. The van der Waals surface area contributed by atoms with Crippen LogP contribution in [0.1, 0.15) is 6.42 Å². The minimum atomic E-state index is -1.66. The molecule has 0 saturated carbocycles. The van der Waals surface area contributed by atoms with Crippen LogP contribution in [0, 0.1) is 0 Å². The lowest BCUT2D eigenvalue weighted by atomic mass is 10.5. The Balaban J connectivity index is 4.83. The summed E-state index contributed by atoms with van der Waals surface area (Å²) in [4.78, 5) is 0. The highest BCUT2D eigenvalue weighted by Crippen LogP contribution is 2.31. The van der Waals surface area contributed by atoms with Gasteiger partial charge in [-0.1, -0.05) is 60.7 Å². The Hall–Kier alpha value is -0.169. The number of rotatable bonds is 10. The van der Waals surface area contributed by atoms with Crippen molar-refractivity contribution in [1.29, 1.82) is 0 Å². The Morgan fingerprint density at radius 1 is 0.842 bits per heavy atom. The molecule has 0 radical (unpaired) electrons. The van der Waals surface area contributed by atoms with Crippen molar-refractivity contribution in [3.05, 3.63) is 36.8 Å². The zero-order chi connectivity index (χ0) is 15.2. The maximum Gasteiger partial charge on any atom is 0.121 e. The van der Waals surface area contributed by atoms with Gasteiger partial charge in [-0.05, 0) is 6.42 Å². The Kier molecular flexibility index (Phi) is 7.50. The molecule has 0 amide bonds. The Morgan fingerprint density at radius 2 is 1.32 bits per heavy atom. The summed E-state index contributed by atoms with van der Waals surface area (Å²) in [5.41, 5.74) is 9.09. The average Bonchev–Trinajstić information content (AvgIpc) is 2.32. The summed E-state index contributed by atoms with van der Waals surface area (Å²) in [6, 6.07) is 1.24. The first-order valence-corrected chi connectivity index (χ1v) is 16.4. The van der Waals surface area contributed by atoms with Gasteiger partial charge >= 0.3 is 0 Å². The van der Waals surface area contributed by atoms with Crippen LogP contribution in [0.15, 0.2) is 36.8 Å². The third-order valence-electron chi connectivity index (χ3n) is 3.89. The molecule has 0 atom stereocenters. The first kappa shape index (κ1) is 18.8. The van der Waals surface area contributed by atoms with Crippen molar-refractivity contribution in [2.45, 2.75) is 50.0 Å². The zero-order valence-electron chi connectivity index (χ0n) is 13.3. The minimum Gasteiger partial charge on any atom is -0.396 e. The SMILES string of the molecule is C=C[Si](C=C)(C=C)C[Si](C)(C)C[Si](C)(C)CCCO. The van der Waals surface area contributed by atoms with Gasteiger partial charge in [-0.3, -0.25) is 0 Å². The normalized spacial score (nSPS) is 13.1. The molecular formula is C15H32OSi3. The first-order valence-electron chi connectivity index (χ1n) is 7.17. The van der Waals surface area contributed by atoms with Crippen molar-refractivity contribution >= 4 is 24.2 Å². The summed E-state index contributed by atoms with van der Waals surface area (Å²) >= 11 is 0. The Bertz CT molecular complexity index is 300. The van der Waals surface area contributed by atoms with Gasteiger partial charge in [0.05, 0.1) is 0 Å². The summed E-state index contributed by atoms with van der Waals surface area (Å²) in [5, 5.41) is 9.03. The second-order valence-electron chi connectivity index (χ2n) is 7.23. The van der Waals surface area contributed by atoms with Crippen molar-refractivity contribution < 1.29 is 5.11 Å². The van der Waals surface area contributed by atoms with Crippen molar-refractivity contribution in [3.63, 3.8) is 0 Å². The summed E-state index contributed by atoms with van der Waals surface area (Å²) in [6.07, 6.45) is 0.969. The molecule has 19 heavy (non-hydrogen) atoms. The van der Waals surface area contributed by atoms with Crippen LogP contribution in [0.25, 0.3) is 0 Å². The molecule has 1 N–H and O–H groups in total. The van der Waals surface area contributed by atoms with Crippen LogP contribution >= 0.6 is 0 Å². The molecule has 0 aromatic rings. The van der Waals surface area contributed by atoms with Gasteiger partial charge in [0, 0.05) is 22.8 Å². The largest absolute Gasteiger partial charge is 0.396 e. The molecule has 4 heteroatoms. The highest BCUT2D eigenvalue weighted by molar-refractivity contribution is 7.07. The number of hydrogen-bond donors (Lipinski definition) is 1. The lowest BCUT2D eigenvalue weighted by Gasteiger charge is -2.36. The predicted molar refractivity (Wildman–Crippen MR) is 97.4 cm³/mol. The molecule has 0 aromatic carbocycles. The fourth-order valence-corrected chi connectivity index (χ4v) is 26.0. The maximum absolute atomic E-state index is 9.03. The van der Waals surface area contributed by atoms with Crippen LogP contribution in [0.4, 0.5) is 0 Å². The zero-order valence-corrected chi connectivity index (χ0v) is 16.3. The summed E-state index contributed by atoms with van der Waals surface area (Å²) in [6.45, 7) is 22.3. The van der Waals surface area contributed by atoms with Crippen molar-refractivity contribution in [3.8, 4) is 0 Å². The molecule has 0 bridgehead atoms. The van der Waals surface area contributed by atoms with Gasteiger partial charge in [-0.15, -0.1) is 19.7 Å². The van der Waals surface area contributed by atoms with E-state index in [1.807, 2.05) is 0 Å². The molecule has 0 unspecified atom stereocenters. The molecule has 1 nitrogen and oxygen atoms in total. The van der Waals surface area contributed by atoms with Gasteiger partial charge in [0.15, 0.2) is 0 Å². The van der Waals surface area contributed by atoms with E-state index in [-0.39, 0.29) is 0 Å². The van der Waals surface area contributed by atoms with E-state index in [1.165, 1.54) is 17.4 Å². The van der Waals surface area contributed by atoms with Gasteiger partial charge in [-0.25, -0.2) is 0 Å². The lowest BCUT2D eigenvalue weighted by molar-refractivity contribution is 0.294. The second-order valence-corrected chi connectivity index (χ2v) is 22.7. The Morgan fingerprint density at radius 3 is 1.68 bits per heavy atom. The van der Waals surface area contributed by atoms with Crippen LogP contribution in [0.2, 0.25) is 43.6 Å². The van der Waals surface area contributed by atoms with Crippen LogP contribution in [0.5, 0.6) is 0 Å². The number of aliphatic hydroxyl groups excluding tert-OH is 1. The standard InChI is InChI=1S/C15H32OSi3/c1-8-19(9-2,10-3)15-18(6,7)14-17(4,5)13-11-12-16/h8-10,16H,1-3,11-15H2,4-7H3. The predicted octanol–water partition coefficient (Wildman–Crippen LogP) is 4.49. The third kappa shape index (κ3) is 6.70. The minimum absolute atomic E-state index is 0.336. The molecule has 0 saturated heterocycles. The van der Waals surface area contributed by atoms with E-state index in [0.29, 0.717) is 6.61 Å². The molecular weight excluding hydrogens is 280 g/mol. The smallest absolute Gasteiger partial charge is 0.121 e. The van der Waals surface area contributed by atoms with Crippen LogP contribution in [0.3, 0.4) is 0 Å². The van der Waals surface area contributed by atoms with E-state index in [4.69, 9.17) is 5.11 Å². The van der Waals surface area contributed by atoms with Gasteiger partial charge in [-0.2, -0.15) is 0 Å². The first-order chi connectivity index (χ1) is 8.66. The van der Waals surface area contributed by atoms with E-state index in [2.05, 4.69) is 63.0 Å². The monoisotopic (exact) mass is 312 g/mol. The molecule has 0 heterocycles. The van der Waals surface area contributed by atoms with Crippen LogP contribution in [-0.2, 0) is 0 Å². The summed E-state index contributed by atoms with van der Waals surface area (Å²) in [5.74, 6) is 0. The van der Waals surface area contributed by atoms with Gasteiger partial charge in [0.1, 0.15) is 8.07 Å². The van der Waals surface area contributed by atoms with E-state index >= 15 is 0 Å². The molecule has 0 aromatic heterocycles. The fourth-order valence-electron chi connectivity index (χ4n) is 3.30. The molecule has 0 fully saturated rings. The number of hydrogen-bond acceptors (Lipinski definition) is 1. The van der Waals surface area contributed by atoms with Gasteiger partial charge in [0.25, 0.3) is 0 Å². The van der Waals surface area contributed by atoms with Crippen molar-refractivity contribution in [2.24, 2.45) is 0 Å². The van der Waals surface area contributed by atoms with Crippen LogP contribution in [-0.4, -0.2) is 35.9 Å². The van der Waals surface area contributed by atoms with Crippen molar-refractivity contribution in [1.82, 2.24) is 0 Å². The topological polar surface area (TPSA) is 20.2 Å². The van der Waals surface area contributed by atoms with Gasteiger partial charge in [0.2, 0.25) is 0 Å². The molecule has 0 rings (SSSR count). The highest BCUT2D eigenvalue weighted by Gasteiger charge is 2.37. The van der Waals surface area contributed by atoms with Crippen molar-refractivity contribution in [2.75, 3.05) is 6.61 Å². The van der Waals surface area contributed by atoms with Gasteiger partial charge < -0.3 is 5.11 Å². The quantitative estimate of drug-likeness (QED) is 0.589. The van der Waals surface area contributed by atoms with E-state index < -0.39 is 24.2 Å². The molecule has 0 spiro atoms. The molecule has 0 aliphatic rings. The molecule has 0 aliphatic carbocycles. The fraction of sp³-hybridized carbons (Fsp3) is 0.600. The number of aliphatic hydroxyl groups is 1. The maximum atomic E-state index is 9.03. The summed E-state index contributed by atoms with van der Waals surface area (Å²) in [7, 11) is -4.09. The Labute approximate surface area is 123 Å². The second kappa shape index (κ2) is 7.57. The van der Waals surface area contributed by atoms with E-state index in [0.717, 1.165) is 6.42 Å². The lowest BCUT2D eigenvalue weighted by Crippen LogP contribution is -2.46. The highest BCUT2D eigenvalue weighted by atomic mass is 28.4.